The van der Waals surface area contributed by atoms with Crippen molar-refractivity contribution >= 4 is 45.6 Å². The summed E-state index contributed by atoms with van der Waals surface area (Å²) in [4.78, 5) is 31.5. The van der Waals surface area contributed by atoms with E-state index in [9.17, 15) is 14.7 Å². The molecule has 1 saturated heterocycles. The lowest BCUT2D eigenvalue weighted by Crippen LogP contribution is -2.29. The number of amides is 1. The smallest absolute Gasteiger partial charge is 0.300 e. The maximum absolute atomic E-state index is 13.4. The second kappa shape index (κ2) is 8.96. The Balaban J connectivity index is 1.75. The number of para-hydroxylation sites is 1. The van der Waals surface area contributed by atoms with Gasteiger partial charge in [-0.15, -0.1) is 0 Å². The predicted molar refractivity (Wildman–Crippen MR) is 137 cm³/mol. The third-order valence-electron chi connectivity index (χ3n) is 6.18. The Labute approximate surface area is 207 Å². The van der Waals surface area contributed by atoms with E-state index < -0.39 is 17.7 Å². The van der Waals surface area contributed by atoms with Crippen LogP contribution in [0, 0.1) is 6.92 Å². The van der Waals surface area contributed by atoms with Gasteiger partial charge in [0.15, 0.2) is 0 Å². The maximum Gasteiger partial charge on any atom is 0.300 e. The van der Waals surface area contributed by atoms with E-state index in [-0.39, 0.29) is 11.3 Å². The molecule has 2 heterocycles. The fraction of sp³-hybridized carbons (Fsp3) is 0.143. The predicted octanol–water partition coefficient (Wildman–Crippen LogP) is 6.15. The van der Waals surface area contributed by atoms with E-state index >= 15 is 0 Å². The van der Waals surface area contributed by atoms with E-state index in [1.807, 2.05) is 50.2 Å². The molecule has 6 nitrogen and oxygen atoms in total. The van der Waals surface area contributed by atoms with Gasteiger partial charge >= 0.3 is 0 Å². The van der Waals surface area contributed by atoms with Gasteiger partial charge < -0.3 is 14.8 Å². The van der Waals surface area contributed by atoms with Crippen molar-refractivity contribution in [1.29, 1.82) is 0 Å². The molecule has 0 saturated carbocycles. The Morgan fingerprint density at radius 3 is 2.57 bits per heavy atom. The topological polar surface area (TPSA) is 82.6 Å². The van der Waals surface area contributed by atoms with Crippen molar-refractivity contribution in [1.82, 2.24) is 4.98 Å². The minimum Gasteiger partial charge on any atom is -0.507 e. The fourth-order valence-electron chi connectivity index (χ4n) is 4.49. The molecule has 1 fully saturated rings. The van der Waals surface area contributed by atoms with Crippen LogP contribution < -0.4 is 9.64 Å². The van der Waals surface area contributed by atoms with Gasteiger partial charge in [0.2, 0.25) is 0 Å². The van der Waals surface area contributed by atoms with E-state index in [0.29, 0.717) is 34.2 Å². The van der Waals surface area contributed by atoms with Crippen LogP contribution in [0.3, 0.4) is 0 Å². The van der Waals surface area contributed by atoms with Gasteiger partial charge in [0, 0.05) is 33.9 Å². The van der Waals surface area contributed by atoms with Crippen LogP contribution in [0.1, 0.15) is 29.7 Å². The zero-order valence-corrected chi connectivity index (χ0v) is 20.0. The molecule has 1 aliphatic rings. The van der Waals surface area contributed by atoms with Gasteiger partial charge in [0.25, 0.3) is 11.7 Å². The normalized spacial score (nSPS) is 17.3. The summed E-state index contributed by atoms with van der Waals surface area (Å²) < 4.78 is 5.56. The number of fused-ring (bicyclic) bond motifs is 1. The monoisotopic (exact) mass is 486 g/mol. The zero-order chi connectivity index (χ0) is 24.7. The summed E-state index contributed by atoms with van der Waals surface area (Å²) in [7, 11) is 0. The second-order valence-electron chi connectivity index (χ2n) is 8.37. The van der Waals surface area contributed by atoms with Crippen LogP contribution in [-0.4, -0.2) is 28.4 Å². The number of rotatable bonds is 5. The molecule has 1 atom stereocenters. The summed E-state index contributed by atoms with van der Waals surface area (Å²) in [6.45, 7) is 4.16. The molecule has 2 N–H and O–H groups in total. The Hall–Kier alpha value is -4.03. The third kappa shape index (κ3) is 3.86. The molecule has 176 valence electrons. The molecule has 3 aromatic carbocycles. The minimum absolute atomic E-state index is 0.00472. The molecule has 0 spiro atoms. The standard InChI is InChI=1S/C28H23ClN2O4/c1-3-35-23-14-17(10-13-21(23)29)26(32)24-25(20-15-30-22-7-5-4-6-19(20)22)31(28(34)27(24)33)18-11-8-16(2)9-12-18/h4-15,25,30,32H,3H2,1-2H3/b26-24+. The van der Waals surface area contributed by atoms with Crippen LogP contribution in [0.2, 0.25) is 5.02 Å². The first kappa shape index (κ1) is 22.7. The van der Waals surface area contributed by atoms with Gasteiger partial charge in [0.05, 0.1) is 23.2 Å². The fourth-order valence-corrected chi connectivity index (χ4v) is 4.66. The van der Waals surface area contributed by atoms with Gasteiger partial charge in [-0.3, -0.25) is 14.5 Å². The van der Waals surface area contributed by atoms with Crippen molar-refractivity contribution in [3.05, 3.63) is 100 Å². The lowest BCUT2D eigenvalue weighted by molar-refractivity contribution is -0.132. The first-order chi connectivity index (χ1) is 16.9. The highest BCUT2D eigenvalue weighted by molar-refractivity contribution is 6.52. The highest BCUT2D eigenvalue weighted by Gasteiger charge is 2.47. The second-order valence-corrected chi connectivity index (χ2v) is 8.78. The average molecular weight is 487 g/mol. The van der Waals surface area contributed by atoms with Crippen molar-refractivity contribution in [2.45, 2.75) is 19.9 Å². The number of ether oxygens (including phenoxy) is 1. The quantitative estimate of drug-likeness (QED) is 0.201. The molecule has 7 heteroatoms. The summed E-state index contributed by atoms with van der Waals surface area (Å²) in [5.74, 6) is -1.36. The van der Waals surface area contributed by atoms with Gasteiger partial charge in [-0.1, -0.05) is 47.5 Å². The number of anilines is 1. The van der Waals surface area contributed by atoms with Crippen molar-refractivity contribution < 1.29 is 19.4 Å². The summed E-state index contributed by atoms with van der Waals surface area (Å²) in [6.07, 6.45) is 1.78. The van der Waals surface area contributed by atoms with Crippen molar-refractivity contribution in [3.8, 4) is 5.75 Å². The number of halogens is 1. The number of hydrogen-bond donors (Lipinski definition) is 2. The number of nitrogens with one attached hydrogen (secondary N) is 1. The first-order valence-corrected chi connectivity index (χ1v) is 11.6. The van der Waals surface area contributed by atoms with Gasteiger partial charge in [-0.25, -0.2) is 0 Å². The number of ketones is 1. The molecule has 0 radical (unpaired) electrons. The summed E-state index contributed by atoms with van der Waals surface area (Å²) in [5.41, 5.74) is 3.51. The van der Waals surface area contributed by atoms with Crippen LogP contribution >= 0.6 is 11.6 Å². The molecule has 1 amide bonds. The molecular weight excluding hydrogens is 464 g/mol. The largest absolute Gasteiger partial charge is 0.507 e. The Morgan fingerprint density at radius 1 is 1.09 bits per heavy atom. The van der Waals surface area contributed by atoms with Crippen LogP contribution in [-0.2, 0) is 9.59 Å². The number of aromatic nitrogens is 1. The number of carbonyl (C=O) groups is 2. The minimum atomic E-state index is -0.833. The summed E-state index contributed by atoms with van der Waals surface area (Å²) in [6, 6.07) is 19.0. The Bertz CT molecular complexity index is 1490. The van der Waals surface area contributed by atoms with Crippen LogP contribution in [0.5, 0.6) is 5.75 Å². The van der Waals surface area contributed by atoms with E-state index in [0.717, 1.165) is 16.5 Å². The Morgan fingerprint density at radius 2 is 1.83 bits per heavy atom. The molecule has 5 rings (SSSR count). The van der Waals surface area contributed by atoms with Crippen LogP contribution in [0.15, 0.2) is 78.5 Å². The van der Waals surface area contributed by atoms with E-state index in [1.54, 1.807) is 36.5 Å². The molecular formula is C28H23ClN2O4. The third-order valence-corrected chi connectivity index (χ3v) is 6.49. The van der Waals surface area contributed by atoms with Crippen molar-refractivity contribution in [2.75, 3.05) is 11.5 Å². The molecule has 1 aliphatic heterocycles. The number of aliphatic hydroxyl groups is 1. The summed E-state index contributed by atoms with van der Waals surface area (Å²) in [5, 5.41) is 12.7. The number of aromatic amines is 1. The van der Waals surface area contributed by atoms with Gasteiger partial charge in [-0.2, -0.15) is 0 Å². The number of nitrogens with zero attached hydrogens (tertiary/aromatic N) is 1. The van der Waals surface area contributed by atoms with Crippen molar-refractivity contribution in [2.24, 2.45) is 0 Å². The van der Waals surface area contributed by atoms with E-state index in [4.69, 9.17) is 16.3 Å². The maximum atomic E-state index is 13.4. The molecule has 0 aliphatic carbocycles. The van der Waals surface area contributed by atoms with Crippen molar-refractivity contribution in [3.63, 3.8) is 0 Å². The number of hydrogen-bond acceptors (Lipinski definition) is 4. The van der Waals surface area contributed by atoms with Gasteiger partial charge in [-0.05, 0) is 50.2 Å². The number of benzene rings is 3. The van der Waals surface area contributed by atoms with Crippen LogP contribution in [0.25, 0.3) is 16.7 Å². The molecule has 35 heavy (non-hydrogen) atoms. The zero-order valence-electron chi connectivity index (χ0n) is 19.2. The number of aryl methyl sites for hydroxylation is 1. The highest BCUT2D eigenvalue weighted by Crippen LogP contribution is 2.44. The number of H-pyrrole nitrogens is 1. The summed E-state index contributed by atoms with van der Waals surface area (Å²) >= 11 is 6.23. The van der Waals surface area contributed by atoms with Gasteiger partial charge in [0.1, 0.15) is 11.5 Å². The lowest BCUT2D eigenvalue weighted by atomic mass is 9.94. The highest BCUT2D eigenvalue weighted by atomic mass is 35.5. The van der Waals surface area contributed by atoms with E-state index in [2.05, 4.69) is 4.98 Å². The average Bonchev–Trinajstić information content (AvgIpc) is 3.39. The molecule has 1 aromatic heterocycles. The molecule has 1 unspecified atom stereocenters. The molecule has 4 aromatic rings. The number of carbonyl (C=O) groups excluding carboxylic acids is 2. The van der Waals surface area contributed by atoms with E-state index in [1.165, 1.54) is 4.90 Å². The Kier molecular flexibility index (Phi) is 5.83. The number of aliphatic hydroxyl groups excluding tert-OH is 1. The van der Waals surface area contributed by atoms with Crippen LogP contribution in [0.4, 0.5) is 5.69 Å². The molecule has 0 bridgehead atoms. The first-order valence-electron chi connectivity index (χ1n) is 11.3. The number of Topliss-reactive ketones (excluding diaryl/α,β-unsaturated/α-hetero) is 1. The lowest BCUT2D eigenvalue weighted by Gasteiger charge is -2.25. The SMILES string of the molecule is CCOc1cc(/C(O)=C2\C(=O)C(=O)N(c3ccc(C)cc3)C2c2c[nH]c3ccccc23)ccc1Cl.